The summed E-state index contributed by atoms with van der Waals surface area (Å²) >= 11 is 0. The second-order valence-corrected chi connectivity index (χ2v) is 6.08. The van der Waals surface area contributed by atoms with Gasteiger partial charge in [-0.1, -0.05) is 44.4 Å². The minimum Gasteiger partial charge on any atom is -0.494 e. The maximum atomic E-state index is 6.14. The second-order valence-electron chi connectivity index (χ2n) is 6.08. The molecule has 1 aliphatic carbocycles. The van der Waals surface area contributed by atoms with Crippen LogP contribution in [0.5, 0.6) is 5.75 Å². The van der Waals surface area contributed by atoms with Gasteiger partial charge >= 0.3 is 0 Å². The molecule has 1 aromatic carbocycles. The summed E-state index contributed by atoms with van der Waals surface area (Å²) in [6, 6.07) is 10.1. The van der Waals surface area contributed by atoms with Crippen molar-refractivity contribution in [3.8, 4) is 5.75 Å². The topological polar surface area (TPSA) is 38.5 Å². The minimum atomic E-state index is 0.250. The van der Waals surface area contributed by atoms with E-state index in [9.17, 15) is 0 Å². The lowest BCUT2D eigenvalue weighted by Crippen LogP contribution is -2.55. The quantitative estimate of drug-likeness (QED) is 0.745. The highest BCUT2D eigenvalue weighted by atomic mass is 16.5. The summed E-state index contributed by atoms with van der Waals surface area (Å²) < 4.78 is 5.80. The van der Waals surface area contributed by atoms with Crippen molar-refractivity contribution in [3.63, 3.8) is 0 Å². The van der Waals surface area contributed by atoms with Crippen LogP contribution >= 0.6 is 0 Å². The van der Waals surface area contributed by atoms with Gasteiger partial charge in [-0.05, 0) is 37.9 Å². The number of benzene rings is 1. The third kappa shape index (κ3) is 4.45. The van der Waals surface area contributed by atoms with Crippen LogP contribution in [0.15, 0.2) is 30.3 Å². The first kappa shape index (κ1) is 16.3. The van der Waals surface area contributed by atoms with E-state index in [4.69, 9.17) is 10.5 Å². The van der Waals surface area contributed by atoms with Crippen molar-refractivity contribution in [1.29, 1.82) is 0 Å². The second kappa shape index (κ2) is 8.40. The van der Waals surface area contributed by atoms with Crippen LogP contribution in [0.4, 0.5) is 0 Å². The van der Waals surface area contributed by atoms with E-state index >= 15 is 0 Å². The van der Waals surface area contributed by atoms with Crippen molar-refractivity contribution in [3.05, 3.63) is 30.3 Å². The number of nitrogens with two attached hydrogens (primary N) is 1. The van der Waals surface area contributed by atoms with Crippen LogP contribution in [-0.2, 0) is 0 Å². The Labute approximate surface area is 129 Å². The van der Waals surface area contributed by atoms with Gasteiger partial charge in [0.15, 0.2) is 0 Å². The summed E-state index contributed by atoms with van der Waals surface area (Å²) in [5, 5.41) is 0. The van der Waals surface area contributed by atoms with Crippen LogP contribution in [0.2, 0.25) is 0 Å². The van der Waals surface area contributed by atoms with Crippen molar-refractivity contribution in [2.45, 2.75) is 51.0 Å². The molecule has 0 radical (unpaired) electrons. The Morgan fingerprint density at radius 1 is 1.14 bits per heavy atom. The van der Waals surface area contributed by atoms with Crippen LogP contribution in [0.3, 0.4) is 0 Å². The monoisotopic (exact) mass is 290 g/mol. The van der Waals surface area contributed by atoms with Gasteiger partial charge in [-0.2, -0.15) is 0 Å². The summed E-state index contributed by atoms with van der Waals surface area (Å²) in [7, 11) is 0. The fourth-order valence-corrected chi connectivity index (χ4v) is 3.55. The maximum absolute atomic E-state index is 6.14. The van der Waals surface area contributed by atoms with Crippen LogP contribution in [-0.4, -0.2) is 36.7 Å². The first-order valence-electron chi connectivity index (χ1n) is 8.44. The Morgan fingerprint density at radius 3 is 2.48 bits per heavy atom. The van der Waals surface area contributed by atoms with E-state index in [2.05, 4.69) is 11.8 Å². The van der Waals surface area contributed by atoms with Gasteiger partial charge in [-0.15, -0.1) is 0 Å². The zero-order valence-electron chi connectivity index (χ0n) is 13.4. The normalized spacial score (nSPS) is 17.9. The average molecular weight is 290 g/mol. The van der Waals surface area contributed by atoms with Crippen molar-refractivity contribution in [1.82, 2.24) is 4.90 Å². The summed E-state index contributed by atoms with van der Waals surface area (Å²) in [6.45, 7) is 5.99. The molecule has 0 aromatic heterocycles. The Kier molecular flexibility index (Phi) is 6.52. The molecule has 0 saturated heterocycles. The van der Waals surface area contributed by atoms with E-state index in [1.54, 1.807) is 0 Å². The Hall–Kier alpha value is -1.06. The number of likely N-dealkylation sites (N-methyl/N-ethyl adjacent to an activating group) is 1. The van der Waals surface area contributed by atoms with E-state index in [0.717, 1.165) is 38.4 Å². The molecule has 0 bridgehead atoms. The molecule has 3 nitrogen and oxygen atoms in total. The molecule has 1 aromatic rings. The van der Waals surface area contributed by atoms with Crippen molar-refractivity contribution in [2.24, 2.45) is 5.73 Å². The van der Waals surface area contributed by atoms with E-state index < -0.39 is 0 Å². The molecule has 0 unspecified atom stereocenters. The fraction of sp³-hybridized carbons (Fsp3) is 0.667. The largest absolute Gasteiger partial charge is 0.494 e. The van der Waals surface area contributed by atoms with E-state index in [1.165, 1.54) is 32.1 Å². The van der Waals surface area contributed by atoms with Crippen molar-refractivity contribution >= 4 is 0 Å². The first-order valence-corrected chi connectivity index (χ1v) is 8.44. The molecular weight excluding hydrogens is 260 g/mol. The number of rotatable bonds is 8. The Balaban J connectivity index is 1.79. The fourth-order valence-electron chi connectivity index (χ4n) is 3.55. The third-order valence-corrected chi connectivity index (χ3v) is 4.80. The van der Waals surface area contributed by atoms with Crippen LogP contribution in [0.1, 0.15) is 45.4 Å². The molecule has 118 valence electrons. The van der Waals surface area contributed by atoms with Gasteiger partial charge in [-0.25, -0.2) is 0 Å². The highest BCUT2D eigenvalue weighted by Crippen LogP contribution is 2.32. The van der Waals surface area contributed by atoms with Crippen molar-refractivity contribution < 1.29 is 4.74 Å². The number of nitrogens with zero attached hydrogens (tertiary/aromatic N) is 1. The molecule has 0 spiro atoms. The van der Waals surface area contributed by atoms with Gasteiger partial charge in [0.2, 0.25) is 0 Å². The van der Waals surface area contributed by atoms with Crippen LogP contribution in [0.25, 0.3) is 0 Å². The van der Waals surface area contributed by atoms with Gasteiger partial charge < -0.3 is 10.5 Å². The SMILES string of the molecule is CCN(CCCOc1ccccc1)C1(CN)CCCCC1. The lowest BCUT2D eigenvalue weighted by molar-refractivity contribution is 0.0571. The van der Waals surface area contributed by atoms with E-state index in [0.29, 0.717) is 0 Å². The van der Waals surface area contributed by atoms with Crippen LogP contribution in [0, 0.1) is 0 Å². The predicted molar refractivity (Wildman–Crippen MR) is 88.7 cm³/mol. The summed E-state index contributed by atoms with van der Waals surface area (Å²) in [5.74, 6) is 0.965. The molecule has 1 aliphatic rings. The molecule has 1 saturated carbocycles. The molecule has 1 fully saturated rings. The first-order chi connectivity index (χ1) is 10.3. The third-order valence-electron chi connectivity index (χ3n) is 4.80. The van der Waals surface area contributed by atoms with Crippen LogP contribution < -0.4 is 10.5 Å². The standard InChI is InChI=1S/C18H30N2O/c1-2-20(18(16-19)12-7-4-8-13-18)14-9-15-21-17-10-5-3-6-11-17/h3,5-6,10-11H,2,4,7-9,12-16,19H2,1H3. The lowest BCUT2D eigenvalue weighted by Gasteiger charge is -2.45. The van der Waals surface area contributed by atoms with Gasteiger partial charge in [-0.3, -0.25) is 4.90 Å². The highest BCUT2D eigenvalue weighted by molar-refractivity contribution is 5.20. The lowest BCUT2D eigenvalue weighted by atomic mass is 9.80. The molecule has 0 aliphatic heterocycles. The van der Waals surface area contributed by atoms with Gasteiger partial charge in [0.05, 0.1) is 6.61 Å². The molecule has 3 heteroatoms. The van der Waals surface area contributed by atoms with E-state index in [1.807, 2.05) is 30.3 Å². The zero-order valence-corrected chi connectivity index (χ0v) is 13.4. The Morgan fingerprint density at radius 2 is 1.86 bits per heavy atom. The molecule has 0 atom stereocenters. The number of para-hydroxylation sites is 1. The minimum absolute atomic E-state index is 0.250. The Bertz CT molecular complexity index is 387. The summed E-state index contributed by atoms with van der Waals surface area (Å²) in [5.41, 5.74) is 6.39. The average Bonchev–Trinajstić information content (AvgIpc) is 2.56. The molecule has 21 heavy (non-hydrogen) atoms. The summed E-state index contributed by atoms with van der Waals surface area (Å²) in [6.07, 6.45) is 7.61. The summed E-state index contributed by atoms with van der Waals surface area (Å²) in [4.78, 5) is 2.60. The molecule has 2 rings (SSSR count). The van der Waals surface area contributed by atoms with Gasteiger partial charge in [0.1, 0.15) is 5.75 Å². The molecule has 0 amide bonds. The number of ether oxygens (including phenoxy) is 1. The van der Waals surface area contributed by atoms with E-state index in [-0.39, 0.29) is 5.54 Å². The molecular formula is C18H30N2O. The zero-order chi connectivity index (χ0) is 15.0. The maximum Gasteiger partial charge on any atom is 0.119 e. The highest BCUT2D eigenvalue weighted by Gasteiger charge is 2.35. The number of hydrogen-bond acceptors (Lipinski definition) is 3. The number of hydrogen-bond donors (Lipinski definition) is 1. The molecule has 2 N–H and O–H groups in total. The van der Waals surface area contributed by atoms with Gasteiger partial charge in [0.25, 0.3) is 0 Å². The predicted octanol–water partition coefficient (Wildman–Crippen LogP) is 3.44. The smallest absolute Gasteiger partial charge is 0.119 e. The molecule has 0 heterocycles. The van der Waals surface area contributed by atoms with Crippen molar-refractivity contribution in [2.75, 3.05) is 26.2 Å². The van der Waals surface area contributed by atoms with Gasteiger partial charge in [0, 0.05) is 18.6 Å².